The second-order valence-electron chi connectivity index (χ2n) is 11.9. The van der Waals surface area contributed by atoms with Crippen molar-refractivity contribution in [1.29, 1.82) is 0 Å². The van der Waals surface area contributed by atoms with E-state index in [1.54, 1.807) is 0 Å². The fraction of sp³-hybridized carbons (Fsp3) is 0. The van der Waals surface area contributed by atoms with Crippen molar-refractivity contribution in [3.63, 3.8) is 0 Å². The first kappa shape index (κ1) is 75.8. The minimum Gasteiger partial charge on any atom is -0.358 e. The molecule has 0 bridgehead atoms. The van der Waals surface area contributed by atoms with Crippen LogP contribution in [0.5, 0.6) is 0 Å². The molecule has 0 heterocycles. The molecule has 0 saturated heterocycles. The molecule has 0 aliphatic rings. The number of hydrogen-bond donors (Lipinski definition) is 0. The van der Waals surface area contributed by atoms with Gasteiger partial charge in [0.05, 0.1) is 0 Å². The number of hydrogen-bond acceptors (Lipinski definition) is 0. The summed E-state index contributed by atoms with van der Waals surface area (Å²) < 4.78 is 0. The fourth-order valence-corrected chi connectivity index (χ4v) is 2.92. The molecule has 0 aromatic heterocycles. The summed E-state index contributed by atoms with van der Waals surface area (Å²) in [6.45, 7) is 3.32. The van der Waals surface area contributed by atoms with Gasteiger partial charge >= 0.3 is 0 Å². The van der Waals surface area contributed by atoms with Gasteiger partial charge in [-0.05, 0) is 94.7 Å². The predicted molar refractivity (Wildman–Crippen MR) is 378 cm³/mol. The van der Waals surface area contributed by atoms with Crippen molar-refractivity contribution in [2.75, 3.05) is 0 Å². The largest absolute Gasteiger partial charge is 0.358 e. The van der Waals surface area contributed by atoms with Gasteiger partial charge in [0, 0.05) is 432 Å². The molecule has 0 aromatic carbocycles. The van der Waals surface area contributed by atoms with Crippen molar-refractivity contribution in [2.24, 2.45) is 0 Å². The standard InChI is InChI=1S/C97H2/c1-3-5-7-9-11-13-15-17-19-21-23-25-27-29-31-33-35-37-39-41-43-45-47-49-51-53-55-57-59-61-63-65-67-69-71-73-75-77-79-81-83-85-87-89-91-93-95-97-96-94-92-90-88-86-84-82-80-78-76-74-72-70-68-66-64-62-60-58-56-54-52-50-48-46-44-42-40-38-36-34-32-30-28-26-24-22-20-18-16-14-12-10-8-6-4-2/h1H2/q-2. The van der Waals surface area contributed by atoms with Crippen molar-refractivity contribution in [3.05, 3.63) is 13.3 Å². The van der Waals surface area contributed by atoms with E-state index in [2.05, 4.69) is 563 Å². The first-order valence-corrected chi connectivity index (χ1v) is 24.1. The Morgan fingerprint density at radius 3 is 0.186 bits per heavy atom. The second kappa shape index (κ2) is 74.8. The lowest BCUT2D eigenvalue weighted by molar-refractivity contribution is 2.31. The van der Waals surface area contributed by atoms with Gasteiger partial charge in [0.1, 0.15) is 0 Å². The first-order valence-electron chi connectivity index (χ1n) is 24.1. The Balaban J connectivity index is 4.63. The van der Waals surface area contributed by atoms with Crippen LogP contribution in [-0.4, -0.2) is 0 Å². The quantitative estimate of drug-likeness (QED) is 0.247. The second-order valence-corrected chi connectivity index (χ2v) is 11.9. The molecule has 0 aliphatic heterocycles. The van der Waals surface area contributed by atoms with Gasteiger partial charge in [-0.3, -0.25) is 11.8 Å². The van der Waals surface area contributed by atoms with Gasteiger partial charge in [-0.25, -0.2) is 11.8 Å². The summed E-state index contributed by atoms with van der Waals surface area (Å²) in [6.07, 6.45) is 6.59. The van der Waals surface area contributed by atoms with Crippen LogP contribution in [0.4, 0.5) is 0 Å². The summed E-state index contributed by atoms with van der Waals surface area (Å²) >= 11 is 0. The lowest BCUT2D eigenvalue weighted by Crippen LogP contribution is -1.57. The van der Waals surface area contributed by atoms with Crippen molar-refractivity contribution in [1.82, 2.24) is 0 Å². The molecular formula is C97H2-2. The molecule has 0 aliphatic carbocycles. The van der Waals surface area contributed by atoms with Crippen molar-refractivity contribution in [2.45, 2.75) is 0 Å². The van der Waals surface area contributed by atoms with Crippen molar-refractivity contribution < 1.29 is 0 Å². The zero-order valence-electron chi connectivity index (χ0n) is 48.7. The molecular weight excluding hydrogens is 1170 g/mol. The Labute approximate surface area is 572 Å². The van der Waals surface area contributed by atoms with Gasteiger partial charge in [0.2, 0.25) is 0 Å². The van der Waals surface area contributed by atoms with E-state index in [0.29, 0.717) is 0 Å². The smallest absolute Gasteiger partial charge is 0 e. The summed E-state index contributed by atoms with van der Waals surface area (Å²) in [5.41, 5.74) is 0. The molecule has 392 valence electrons. The monoisotopic (exact) mass is 1170 g/mol. The van der Waals surface area contributed by atoms with Gasteiger partial charge in [0.25, 0.3) is 0 Å². The predicted octanol–water partition coefficient (Wildman–Crippen LogP) is 0.570. The van der Waals surface area contributed by atoms with Crippen LogP contribution in [0.3, 0.4) is 0 Å². The molecule has 0 amide bonds. The Kier molecular flexibility index (Phi) is 58.4. The van der Waals surface area contributed by atoms with Crippen molar-refractivity contribution >= 4 is 0 Å². The van der Waals surface area contributed by atoms with Gasteiger partial charge in [-0.1, -0.05) is 0 Å². The van der Waals surface area contributed by atoms with Crippen LogP contribution in [0.25, 0.3) is 0 Å². The molecule has 0 aromatic rings. The van der Waals surface area contributed by atoms with E-state index in [0.717, 1.165) is 0 Å². The van der Waals surface area contributed by atoms with Crippen LogP contribution in [0.15, 0.2) is 0 Å². The van der Waals surface area contributed by atoms with Crippen LogP contribution in [0.2, 0.25) is 0 Å². The zero-order valence-corrected chi connectivity index (χ0v) is 48.7. The highest BCUT2D eigenvalue weighted by Gasteiger charge is 1.66. The van der Waals surface area contributed by atoms with Gasteiger partial charge in [0.15, 0.2) is 0 Å². The minimum atomic E-state index is 1.87. The molecule has 0 nitrogen and oxygen atoms in total. The molecule has 97 heavy (non-hydrogen) atoms. The summed E-state index contributed by atoms with van der Waals surface area (Å²) in [5, 5.41) is 0. The Morgan fingerprint density at radius 2 is 0.134 bits per heavy atom. The topological polar surface area (TPSA) is 0 Å². The third kappa shape index (κ3) is 74.8. The molecule has 0 saturated carbocycles. The van der Waals surface area contributed by atoms with Gasteiger partial charge in [-0.2, -0.15) is 6.92 Å². The highest BCUT2D eigenvalue weighted by Crippen LogP contribution is 1.67. The van der Waals surface area contributed by atoms with E-state index in [4.69, 9.17) is 6.42 Å². The third-order valence-electron chi connectivity index (χ3n) is 5.90. The minimum absolute atomic E-state index is 1.87. The van der Waals surface area contributed by atoms with E-state index in [1.165, 1.54) is 0 Å². The molecule has 0 N–H and O–H groups in total. The molecule has 0 radical (unpaired) electrons. The summed E-state index contributed by atoms with van der Waals surface area (Å²) in [4.78, 5) is 0. The molecule has 0 spiro atoms. The maximum absolute atomic E-state index is 6.59. The van der Waals surface area contributed by atoms with Gasteiger partial charge in [-0.15, -0.1) is 11.8 Å². The highest BCUT2D eigenvalue weighted by atomic mass is 13.7. The van der Waals surface area contributed by atoms with Crippen LogP contribution in [-0.2, 0) is 0 Å². The highest BCUT2D eigenvalue weighted by molar-refractivity contribution is 5.55. The Morgan fingerprint density at radius 1 is 0.0825 bits per heavy atom. The third-order valence-corrected chi connectivity index (χ3v) is 5.90. The van der Waals surface area contributed by atoms with E-state index >= 15 is 0 Å². The van der Waals surface area contributed by atoms with Gasteiger partial charge < -0.3 is 6.42 Å². The summed E-state index contributed by atoms with van der Waals surface area (Å²) in [7, 11) is 0. The fourth-order valence-electron chi connectivity index (χ4n) is 2.92. The average Bonchev–Trinajstić information content (AvgIpc) is 3.61. The Hall–Kier alpha value is -21.2. The summed E-state index contributed by atoms with van der Waals surface area (Å²) in [5.74, 6) is 236. The maximum atomic E-state index is 6.59. The average molecular weight is 1170 g/mol. The zero-order chi connectivity index (χ0) is 69.2. The Bertz CT molecular complexity index is 6820. The lowest BCUT2D eigenvalue weighted by atomic mass is 10.4. The molecule has 0 fully saturated rings. The normalized spacial score (nSPS) is 3.95. The molecule has 0 heteroatoms. The van der Waals surface area contributed by atoms with E-state index in [1.807, 2.05) is 5.92 Å². The van der Waals surface area contributed by atoms with Crippen LogP contribution in [0.1, 0.15) is 0 Å². The van der Waals surface area contributed by atoms with Crippen LogP contribution < -0.4 is 0 Å². The molecule has 0 atom stereocenters. The first-order chi connectivity index (χ1) is 48.4. The van der Waals surface area contributed by atoms with E-state index in [-0.39, 0.29) is 0 Å². The van der Waals surface area contributed by atoms with Crippen LogP contribution >= 0.6 is 0 Å². The lowest BCUT2D eigenvalue weighted by Gasteiger charge is -1.64. The summed E-state index contributed by atoms with van der Waals surface area (Å²) in [6, 6.07) is 0. The SMILES string of the molecule is [C-]#CC#CC#CC#CC#CC#CC#CC#CC#CC#CC#CC#CC#CC#CC#CC#CC#CC#CC#CC#CC#CC#CC#CC#CC#CC#CC#CC#CC#CC#CC#CC#CC#CC#CC#CC#CC#CC#CC#CC#CC#CC#CC#CC#CC#CC#CC#CC#C[CH2-]. The van der Waals surface area contributed by atoms with Crippen molar-refractivity contribution in [3.8, 4) is 562 Å². The van der Waals surface area contributed by atoms with E-state index in [9.17, 15) is 0 Å². The maximum Gasteiger partial charge on any atom is 0 e. The molecule has 0 unspecified atom stereocenters. The van der Waals surface area contributed by atoms with E-state index < -0.39 is 0 Å². The van der Waals surface area contributed by atoms with Crippen LogP contribution in [0, 0.1) is 576 Å². The molecule has 0 rings (SSSR count). The number of rotatable bonds is 0.